The van der Waals surface area contributed by atoms with Crippen molar-refractivity contribution in [2.75, 3.05) is 19.0 Å². The van der Waals surface area contributed by atoms with E-state index in [2.05, 4.69) is 20.0 Å². The predicted molar refractivity (Wildman–Crippen MR) is 104 cm³/mol. The molecule has 0 unspecified atom stereocenters. The van der Waals surface area contributed by atoms with Crippen LogP contribution in [0.5, 0.6) is 0 Å². The van der Waals surface area contributed by atoms with Crippen LogP contribution in [0.15, 0.2) is 48.8 Å². The molecular formula is C21H18F2N4O3. The number of carbonyl (C=O) groups excluding carboxylic acids is 2. The Morgan fingerprint density at radius 1 is 1.20 bits per heavy atom. The van der Waals surface area contributed by atoms with Gasteiger partial charge in [0.2, 0.25) is 0 Å². The van der Waals surface area contributed by atoms with Crippen LogP contribution in [0.2, 0.25) is 0 Å². The number of ether oxygens (including phenoxy) is 1. The SMILES string of the molecule is COC(=O)c1ccc(NC(=O)N2CCc3[nH]cnc3[C@@H]2c2cccc(F)c2F)cc1. The van der Waals surface area contributed by atoms with Gasteiger partial charge in [0.1, 0.15) is 6.04 Å². The first-order valence-electron chi connectivity index (χ1n) is 9.21. The van der Waals surface area contributed by atoms with E-state index in [0.29, 0.717) is 23.4 Å². The summed E-state index contributed by atoms with van der Waals surface area (Å²) in [5, 5.41) is 2.73. The number of rotatable bonds is 3. The molecule has 0 fully saturated rings. The van der Waals surface area contributed by atoms with E-state index in [1.165, 1.54) is 42.6 Å². The highest BCUT2D eigenvalue weighted by Gasteiger charge is 2.36. The number of imidazole rings is 1. The largest absolute Gasteiger partial charge is 0.465 e. The molecule has 2 aromatic carbocycles. The molecule has 9 heteroatoms. The highest BCUT2D eigenvalue weighted by molar-refractivity contribution is 5.92. The van der Waals surface area contributed by atoms with Crippen molar-refractivity contribution >= 4 is 17.7 Å². The third-order valence-corrected chi connectivity index (χ3v) is 5.02. The molecule has 1 aliphatic heterocycles. The smallest absolute Gasteiger partial charge is 0.337 e. The predicted octanol–water partition coefficient (Wildman–Crippen LogP) is 3.65. The summed E-state index contributed by atoms with van der Waals surface area (Å²) in [6.45, 7) is 0.280. The monoisotopic (exact) mass is 412 g/mol. The number of halogens is 2. The summed E-state index contributed by atoms with van der Waals surface area (Å²) in [4.78, 5) is 33.2. The molecule has 30 heavy (non-hydrogen) atoms. The van der Waals surface area contributed by atoms with Crippen molar-refractivity contribution in [1.82, 2.24) is 14.9 Å². The number of carbonyl (C=O) groups is 2. The highest BCUT2D eigenvalue weighted by Crippen LogP contribution is 2.35. The highest BCUT2D eigenvalue weighted by atomic mass is 19.2. The van der Waals surface area contributed by atoms with Gasteiger partial charge in [0.05, 0.1) is 24.7 Å². The van der Waals surface area contributed by atoms with Gasteiger partial charge in [-0.2, -0.15) is 0 Å². The van der Waals surface area contributed by atoms with Gasteiger partial charge in [-0.05, 0) is 30.3 Å². The van der Waals surface area contributed by atoms with Crippen molar-refractivity contribution in [2.45, 2.75) is 12.5 Å². The lowest BCUT2D eigenvalue weighted by molar-refractivity contribution is 0.0600. The molecule has 0 aliphatic carbocycles. The molecule has 3 aromatic rings. The van der Waals surface area contributed by atoms with Gasteiger partial charge in [-0.25, -0.2) is 23.4 Å². The second-order valence-electron chi connectivity index (χ2n) is 6.75. The maximum atomic E-state index is 14.6. The van der Waals surface area contributed by atoms with Gasteiger partial charge in [0.15, 0.2) is 11.6 Å². The van der Waals surface area contributed by atoms with Gasteiger partial charge in [0.25, 0.3) is 0 Å². The quantitative estimate of drug-likeness (QED) is 0.643. The molecule has 0 spiro atoms. The minimum Gasteiger partial charge on any atom is -0.465 e. The molecule has 0 saturated carbocycles. The molecule has 1 atom stereocenters. The first-order valence-corrected chi connectivity index (χ1v) is 9.21. The first-order chi connectivity index (χ1) is 14.5. The number of H-pyrrole nitrogens is 1. The Labute approximate surface area is 170 Å². The van der Waals surface area contributed by atoms with Crippen molar-refractivity contribution in [3.63, 3.8) is 0 Å². The number of hydrogen-bond acceptors (Lipinski definition) is 4. The van der Waals surface area contributed by atoms with E-state index in [-0.39, 0.29) is 12.1 Å². The number of urea groups is 1. The zero-order valence-electron chi connectivity index (χ0n) is 16.0. The fraction of sp³-hybridized carbons (Fsp3) is 0.190. The van der Waals surface area contributed by atoms with Crippen molar-refractivity contribution in [1.29, 1.82) is 0 Å². The summed E-state index contributed by atoms with van der Waals surface area (Å²) in [7, 11) is 1.28. The fourth-order valence-corrected chi connectivity index (χ4v) is 3.54. The number of anilines is 1. The van der Waals surface area contributed by atoms with Crippen LogP contribution in [0.3, 0.4) is 0 Å². The van der Waals surface area contributed by atoms with Gasteiger partial charge in [-0.3, -0.25) is 0 Å². The first kappa shape index (κ1) is 19.6. The van der Waals surface area contributed by atoms with E-state index in [9.17, 15) is 18.4 Å². The Kier molecular flexibility index (Phi) is 5.18. The summed E-state index contributed by atoms with van der Waals surface area (Å²) < 4.78 is 33.1. The van der Waals surface area contributed by atoms with Gasteiger partial charge in [0, 0.05) is 29.9 Å². The number of nitrogens with zero attached hydrogens (tertiary/aromatic N) is 2. The fourth-order valence-electron chi connectivity index (χ4n) is 3.54. The van der Waals surface area contributed by atoms with E-state index in [1.807, 2.05) is 0 Å². The number of benzene rings is 2. The van der Waals surface area contributed by atoms with Crippen LogP contribution in [0.1, 0.15) is 33.4 Å². The van der Waals surface area contributed by atoms with Crippen molar-refractivity contribution in [2.24, 2.45) is 0 Å². The molecule has 1 aliphatic rings. The van der Waals surface area contributed by atoms with Crippen LogP contribution < -0.4 is 5.32 Å². The zero-order chi connectivity index (χ0) is 21.3. The molecule has 2 heterocycles. The van der Waals surface area contributed by atoms with Crippen LogP contribution in [0.4, 0.5) is 19.3 Å². The third-order valence-electron chi connectivity index (χ3n) is 5.02. The maximum absolute atomic E-state index is 14.6. The van der Waals surface area contributed by atoms with Crippen molar-refractivity contribution in [3.05, 3.63) is 82.9 Å². The molecule has 0 saturated heterocycles. The molecule has 7 nitrogen and oxygen atoms in total. The van der Waals surface area contributed by atoms with Gasteiger partial charge in [-0.1, -0.05) is 12.1 Å². The zero-order valence-corrected chi connectivity index (χ0v) is 16.0. The number of hydrogen-bond donors (Lipinski definition) is 2. The third kappa shape index (κ3) is 3.49. The molecular weight excluding hydrogens is 394 g/mol. The maximum Gasteiger partial charge on any atom is 0.337 e. The second kappa shape index (κ2) is 7.94. The molecule has 1 aromatic heterocycles. The number of aromatic amines is 1. The lowest BCUT2D eigenvalue weighted by Gasteiger charge is -2.35. The van der Waals surface area contributed by atoms with Gasteiger partial charge in [-0.15, -0.1) is 0 Å². The lowest BCUT2D eigenvalue weighted by atomic mass is 9.95. The topological polar surface area (TPSA) is 87.3 Å². The van der Waals surface area contributed by atoms with E-state index in [1.54, 1.807) is 12.1 Å². The summed E-state index contributed by atoms with van der Waals surface area (Å²) in [5.41, 5.74) is 2.06. The number of aromatic nitrogens is 2. The van der Waals surface area contributed by atoms with E-state index < -0.39 is 29.7 Å². The van der Waals surface area contributed by atoms with Gasteiger partial charge < -0.3 is 19.9 Å². The Bertz CT molecular complexity index is 1100. The Balaban J connectivity index is 1.64. The van der Waals surface area contributed by atoms with Crippen LogP contribution in [-0.2, 0) is 11.2 Å². The van der Waals surface area contributed by atoms with Crippen LogP contribution >= 0.6 is 0 Å². The molecule has 0 radical (unpaired) electrons. The average molecular weight is 412 g/mol. The van der Waals surface area contributed by atoms with Crippen LogP contribution in [0.25, 0.3) is 0 Å². The normalized spacial score (nSPS) is 15.4. The molecule has 0 bridgehead atoms. The standard InChI is InChI=1S/C21H18F2N4O3/c1-30-20(28)12-5-7-13(8-6-12)26-21(29)27-10-9-16-18(25-11-24-16)19(27)14-3-2-4-15(22)17(14)23/h2-8,11,19H,9-10H2,1H3,(H,24,25)(H,26,29)/t19-/m0/s1. The van der Waals surface area contributed by atoms with Crippen LogP contribution in [-0.4, -0.2) is 40.5 Å². The van der Waals surface area contributed by atoms with E-state index in [4.69, 9.17) is 0 Å². The van der Waals surface area contributed by atoms with Gasteiger partial charge >= 0.3 is 12.0 Å². The summed E-state index contributed by atoms with van der Waals surface area (Å²) >= 11 is 0. The molecule has 2 N–H and O–H groups in total. The molecule has 4 rings (SSSR count). The number of amides is 2. The summed E-state index contributed by atoms with van der Waals surface area (Å²) in [6.07, 6.45) is 1.97. The minimum atomic E-state index is -1.02. The number of nitrogens with one attached hydrogen (secondary N) is 2. The number of esters is 1. The Hall–Kier alpha value is -3.75. The van der Waals surface area contributed by atoms with E-state index in [0.717, 1.165) is 11.8 Å². The number of methoxy groups -OCH3 is 1. The van der Waals surface area contributed by atoms with E-state index >= 15 is 0 Å². The minimum absolute atomic E-state index is 0.0271. The second-order valence-corrected chi connectivity index (χ2v) is 6.75. The number of fused-ring (bicyclic) bond motifs is 1. The lowest BCUT2D eigenvalue weighted by Crippen LogP contribution is -2.43. The molecule has 2 amide bonds. The summed E-state index contributed by atoms with van der Waals surface area (Å²) in [5.74, 6) is -2.50. The van der Waals surface area contributed by atoms with Crippen molar-refractivity contribution < 1.29 is 23.1 Å². The van der Waals surface area contributed by atoms with Crippen molar-refractivity contribution in [3.8, 4) is 0 Å². The Morgan fingerprint density at radius 3 is 2.70 bits per heavy atom. The van der Waals surface area contributed by atoms with Crippen LogP contribution in [0, 0.1) is 11.6 Å². The Morgan fingerprint density at radius 2 is 1.97 bits per heavy atom. The summed E-state index contributed by atoms with van der Waals surface area (Å²) in [6, 6.07) is 8.65. The molecule has 154 valence electrons. The average Bonchev–Trinajstić information content (AvgIpc) is 3.24.